The van der Waals surface area contributed by atoms with Gasteiger partial charge in [-0.2, -0.15) is 4.31 Å². The van der Waals surface area contributed by atoms with E-state index < -0.39 is 10.0 Å². The summed E-state index contributed by atoms with van der Waals surface area (Å²) < 4.78 is 39.6. The third-order valence-electron chi connectivity index (χ3n) is 6.62. The van der Waals surface area contributed by atoms with E-state index >= 15 is 0 Å². The number of likely N-dealkylation sites (N-methyl/N-ethyl adjacent to an activating group) is 1. The molecule has 2 N–H and O–H groups in total. The molecule has 4 heterocycles. The van der Waals surface area contributed by atoms with Gasteiger partial charge in [0.1, 0.15) is 22.5 Å². The van der Waals surface area contributed by atoms with E-state index in [0.29, 0.717) is 49.7 Å². The fraction of sp³-hybridized carbons (Fsp3) is 0.609. The minimum atomic E-state index is -3.80. The van der Waals surface area contributed by atoms with E-state index in [1.165, 1.54) is 16.6 Å². The van der Waals surface area contributed by atoms with Crippen molar-refractivity contribution in [1.29, 1.82) is 0 Å². The highest BCUT2D eigenvalue weighted by Crippen LogP contribution is 2.35. The van der Waals surface area contributed by atoms with Gasteiger partial charge in [-0.05, 0) is 26.0 Å². The number of H-pyrrole nitrogens is 1. The number of nitrogens with zero attached hydrogens (tertiary/aromatic N) is 5. The topological polar surface area (TPSA) is 133 Å². The molecule has 0 radical (unpaired) electrons. The molecule has 0 aliphatic carbocycles. The molecule has 2 atom stereocenters. The van der Waals surface area contributed by atoms with Gasteiger partial charge in [0.15, 0.2) is 0 Å². The molecule has 0 aromatic carbocycles. The van der Waals surface area contributed by atoms with E-state index in [-0.39, 0.29) is 34.3 Å². The Kier molecular flexibility index (Phi) is 7.95. The Morgan fingerprint density at radius 1 is 1.22 bits per heavy atom. The highest BCUT2D eigenvalue weighted by Gasteiger charge is 2.33. The number of hydrogen-bond acceptors (Lipinski definition) is 10. The van der Waals surface area contributed by atoms with Gasteiger partial charge in [-0.3, -0.25) is 4.79 Å². The summed E-state index contributed by atoms with van der Waals surface area (Å²) in [4.78, 5) is 27.1. The predicted octanol–water partition coefficient (Wildman–Crippen LogP) is 1.30. The third-order valence-corrected chi connectivity index (χ3v) is 8.48. The number of piperazine rings is 1. The molecule has 12 nitrogen and oxygen atoms in total. The molecule has 0 bridgehead atoms. The number of hydrogen-bond donors (Lipinski definition) is 2. The maximum atomic E-state index is 13.5. The molecule has 2 aromatic heterocycles. The molecular weight excluding hydrogens is 486 g/mol. The Bertz CT molecular complexity index is 1240. The maximum Gasteiger partial charge on any atom is 0.276 e. The number of nitrogens with one attached hydrogen (secondary N) is 2. The van der Waals surface area contributed by atoms with E-state index in [0.717, 1.165) is 13.0 Å². The highest BCUT2D eigenvalue weighted by molar-refractivity contribution is 7.89. The number of methoxy groups -OCH3 is 1. The summed E-state index contributed by atoms with van der Waals surface area (Å²) in [5.74, 6) is 0.374. The van der Waals surface area contributed by atoms with Crippen LogP contribution in [0.2, 0.25) is 0 Å². The Balaban J connectivity index is 1.78. The average molecular weight is 522 g/mol. The highest BCUT2D eigenvalue weighted by atomic mass is 32.2. The molecule has 0 amide bonds. The number of aromatic nitrogens is 3. The summed E-state index contributed by atoms with van der Waals surface area (Å²) in [6, 6.07) is 1.38. The van der Waals surface area contributed by atoms with E-state index in [1.807, 2.05) is 25.9 Å². The largest absolute Gasteiger partial charge is 0.472 e. The lowest BCUT2D eigenvalue weighted by Crippen LogP contribution is -2.48. The van der Waals surface area contributed by atoms with Crippen LogP contribution in [0, 0.1) is 0 Å². The van der Waals surface area contributed by atoms with Crippen molar-refractivity contribution in [1.82, 2.24) is 29.2 Å². The third kappa shape index (κ3) is 5.11. The van der Waals surface area contributed by atoms with Crippen molar-refractivity contribution in [2.75, 3.05) is 58.9 Å². The van der Waals surface area contributed by atoms with Crippen molar-refractivity contribution in [3.63, 3.8) is 0 Å². The van der Waals surface area contributed by atoms with Gasteiger partial charge in [-0.1, -0.05) is 13.8 Å². The zero-order valence-corrected chi connectivity index (χ0v) is 22.3. The number of hydrazine groups is 1. The molecule has 1 fully saturated rings. The number of pyridine rings is 1. The van der Waals surface area contributed by atoms with E-state index in [1.54, 1.807) is 7.11 Å². The maximum absolute atomic E-state index is 13.5. The first-order valence-electron chi connectivity index (χ1n) is 12.2. The number of sulfonamides is 1. The second-order valence-electron chi connectivity index (χ2n) is 9.07. The summed E-state index contributed by atoms with van der Waals surface area (Å²) >= 11 is 0. The number of aromatic amines is 1. The molecular formula is C23H35N7O5S. The molecule has 2 aliphatic heterocycles. The van der Waals surface area contributed by atoms with Crippen LogP contribution in [0.5, 0.6) is 5.88 Å². The van der Waals surface area contributed by atoms with Gasteiger partial charge in [-0.25, -0.2) is 23.4 Å². The normalized spacial score (nSPS) is 20.2. The van der Waals surface area contributed by atoms with Crippen molar-refractivity contribution in [2.24, 2.45) is 0 Å². The fourth-order valence-electron chi connectivity index (χ4n) is 4.60. The summed E-state index contributed by atoms with van der Waals surface area (Å²) in [6.07, 6.45) is 1.68. The lowest BCUT2D eigenvalue weighted by molar-refractivity contribution is 0.0893. The summed E-state index contributed by atoms with van der Waals surface area (Å²) in [6.45, 7) is 9.22. The van der Waals surface area contributed by atoms with Gasteiger partial charge >= 0.3 is 0 Å². The van der Waals surface area contributed by atoms with Crippen LogP contribution in [0.1, 0.15) is 38.9 Å². The van der Waals surface area contributed by atoms with Crippen LogP contribution in [0.15, 0.2) is 22.0 Å². The second-order valence-corrected chi connectivity index (χ2v) is 11.0. The molecule has 198 valence electrons. The van der Waals surface area contributed by atoms with Gasteiger partial charge in [-0.15, -0.1) is 0 Å². The Morgan fingerprint density at radius 2 is 1.94 bits per heavy atom. The standard InChI is InChI=1S/C23H35N7O5S/c1-6-18-19-20(27-28(18)4)22(31)26-21(25-19)17-12-16(13-24-23(17)35-15(3)14-34-5)36(32,33)30-10-8-29(7-2)9-11-30/h12-13,15,18,27H,6-11,14H2,1-5H3,(H,25,26,31). The molecule has 1 saturated heterocycles. The Morgan fingerprint density at radius 3 is 2.58 bits per heavy atom. The molecule has 0 saturated carbocycles. The summed E-state index contributed by atoms with van der Waals surface area (Å²) in [7, 11) is -0.386. The van der Waals surface area contributed by atoms with E-state index in [4.69, 9.17) is 14.5 Å². The fourth-order valence-corrected chi connectivity index (χ4v) is 6.00. The quantitative estimate of drug-likeness (QED) is 0.497. The zero-order valence-electron chi connectivity index (χ0n) is 21.4. The van der Waals surface area contributed by atoms with Gasteiger partial charge < -0.3 is 24.8 Å². The smallest absolute Gasteiger partial charge is 0.276 e. The Hall–Kier alpha value is -2.58. The number of rotatable bonds is 9. The SMILES string of the molecule is CCC1c2nc(-c3cc(S(=O)(=O)N4CCN(CC)CC4)cnc3OC(C)COC)[nH]c(=O)c2NN1C. The van der Waals surface area contributed by atoms with Crippen molar-refractivity contribution in [3.05, 3.63) is 28.3 Å². The average Bonchev–Trinajstić information content (AvgIpc) is 3.19. The van der Waals surface area contributed by atoms with Gasteiger partial charge in [0, 0.05) is 40.3 Å². The summed E-state index contributed by atoms with van der Waals surface area (Å²) in [5.41, 5.74) is 3.98. The van der Waals surface area contributed by atoms with Crippen LogP contribution < -0.4 is 15.7 Å². The Labute approximate surface area is 211 Å². The van der Waals surface area contributed by atoms with Crippen LogP contribution in [0.3, 0.4) is 0 Å². The van der Waals surface area contributed by atoms with E-state index in [9.17, 15) is 13.2 Å². The van der Waals surface area contributed by atoms with Crippen LogP contribution >= 0.6 is 0 Å². The first-order chi connectivity index (χ1) is 17.2. The molecule has 0 spiro atoms. The van der Waals surface area contributed by atoms with Crippen LogP contribution in [-0.2, 0) is 14.8 Å². The van der Waals surface area contributed by atoms with Crippen LogP contribution in [0.4, 0.5) is 5.69 Å². The molecule has 2 aromatic rings. The minimum absolute atomic E-state index is 0.0274. The molecule has 4 rings (SSSR count). The van der Waals surface area contributed by atoms with Gasteiger partial charge in [0.2, 0.25) is 15.9 Å². The molecule has 2 aliphatic rings. The lowest BCUT2D eigenvalue weighted by Gasteiger charge is -2.33. The van der Waals surface area contributed by atoms with E-state index in [2.05, 4.69) is 27.2 Å². The van der Waals surface area contributed by atoms with Crippen molar-refractivity contribution >= 4 is 15.7 Å². The first kappa shape index (κ1) is 26.5. The minimum Gasteiger partial charge on any atom is -0.472 e. The number of ether oxygens (including phenoxy) is 2. The van der Waals surface area contributed by atoms with Crippen LogP contribution in [0.25, 0.3) is 11.4 Å². The monoisotopic (exact) mass is 521 g/mol. The second kappa shape index (κ2) is 10.8. The number of anilines is 1. The molecule has 2 unspecified atom stereocenters. The lowest BCUT2D eigenvalue weighted by atomic mass is 10.1. The zero-order chi connectivity index (χ0) is 26.0. The molecule has 13 heteroatoms. The molecule has 36 heavy (non-hydrogen) atoms. The van der Waals surface area contributed by atoms with Crippen molar-refractivity contribution in [2.45, 2.75) is 44.2 Å². The van der Waals surface area contributed by atoms with Gasteiger partial charge in [0.05, 0.1) is 30.1 Å². The summed E-state index contributed by atoms with van der Waals surface area (Å²) in [5, 5.41) is 1.84. The predicted molar refractivity (Wildman–Crippen MR) is 135 cm³/mol. The van der Waals surface area contributed by atoms with Crippen LogP contribution in [-0.4, -0.2) is 97.2 Å². The van der Waals surface area contributed by atoms with Crippen molar-refractivity contribution in [3.8, 4) is 17.3 Å². The van der Waals surface area contributed by atoms with Gasteiger partial charge in [0.25, 0.3) is 5.56 Å². The first-order valence-corrected chi connectivity index (χ1v) is 13.7. The number of fused-ring (bicyclic) bond motifs is 1. The van der Waals surface area contributed by atoms with Crippen molar-refractivity contribution < 1.29 is 17.9 Å².